The minimum Gasteiger partial charge on any atom is -0.467 e. The number of furan rings is 1. The quantitative estimate of drug-likeness (QED) is 0.698. The van der Waals surface area contributed by atoms with Gasteiger partial charge in [-0.1, -0.05) is 0 Å². The van der Waals surface area contributed by atoms with Crippen LogP contribution in [0.1, 0.15) is 29.5 Å². The zero-order chi connectivity index (χ0) is 14.3. The molecule has 0 fully saturated rings. The Kier molecular flexibility index (Phi) is 6.08. The van der Waals surface area contributed by atoms with E-state index in [9.17, 15) is 9.59 Å². The van der Waals surface area contributed by atoms with Gasteiger partial charge in [-0.25, -0.2) is 4.79 Å². The molecule has 6 nitrogen and oxygen atoms in total. The Labute approximate surface area is 112 Å². The van der Waals surface area contributed by atoms with Crippen molar-refractivity contribution in [2.24, 2.45) is 0 Å². The lowest BCUT2D eigenvalue weighted by Gasteiger charge is -2.15. The second kappa shape index (κ2) is 7.58. The topological polar surface area (TPSA) is 69.0 Å². The maximum atomic E-state index is 11.5. The lowest BCUT2D eigenvalue weighted by molar-refractivity contribution is -0.143. The summed E-state index contributed by atoms with van der Waals surface area (Å²) in [6, 6.07) is 1.57. The minimum atomic E-state index is -0.428. The molecule has 0 spiro atoms. The first kappa shape index (κ1) is 15.2. The molecule has 0 N–H and O–H groups in total. The molecule has 1 heterocycles. The van der Waals surface area contributed by atoms with E-state index in [0.717, 1.165) is 0 Å². The standard InChI is InChI=1S/C13H19NO5/c1-4-18-12(15)5-7-14(2)9-11-10(6-8-19-11)13(16)17-3/h6,8H,4-5,7,9H2,1-3H3. The average Bonchev–Trinajstić information content (AvgIpc) is 2.84. The van der Waals surface area contributed by atoms with Gasteiger partial charge in [0.1, 0.15) is 11.3 Å². The molecule has 0 unspecified atom stereocenters. The van der Waals surface area contributed by atoms with Gasteiger partial charge in [-0.15, -0.1) is 0 Å². The Bertz CT molecular complexity index is 426. The summed E-state index contributed by atoms with van der Waals surface area (Å²) >= 11 is 0. The van der Waals surface area contributed by atoms with Gasteiger partial charge in [0, 0.05) is 6.54 Å². The fourth-order valence-corrected chi connectivity index (χ4v) is 1.59. The first-order chi connectivity index (χ1) is 9.08. The van der Waals surface area contributed by atoms with Crippen molar-refractivity contribution in [3.8, 4) is 0 Å². The van der Waals surface area contributed by atoms with Crippen LogP contribution in [0.2, 0.25) is 0 Å². The van der Waals surface area contributed by atoms with Crippen molar-refractivity contribution < 1.29 is 23.5 Å². The summed E-state index contributed by atoms with van der Waals surface area (Å²) in [6.45, 7) is 3.11. The van der Waals surface area contributed by atoms with Crippen LogP contribution in [0, 0.1) is 0 Å². The number of hydrogen-bond donors (Lipinski definition) is 0. The smallest absolute Gasteiger partial charge is 0.341 e. The van der Waals surface area contributed by atoms with E-state index in [1.165, 1.54) is 13.4 Å². The number of esters is 2. The molecular weight excluding hydrogens is 250 g/mol. The van der Waals surface area contributed by atoms with E-state index in [0.29, 0.717) is 37.4 Å². The summed E-state index contributed by atoms with van der Waals surface area (Å²) in [5.41, 5.74) is 0.408. The van der Waals surface area contributed by atoms with E-state index in [1.807, 2.05) is 11.9 Å². The van der Waals surface area contributed by atoms with Gasteiger partial charge in [0.15, 0.2) is 0 Å². The number of hydrogen-bond acceptors (Lipinski definition) is 6. The molecule has 0 radical (unpaired) electrons. The first-order valence-electron chi connectivity index (χ1n) is 6.07. The number of rotatable bonds is 7. The van der Waals surface area contributed by atoms with Crippen LogP contribution in [0.3, 0.4) is 0 Å². The van der Waals surface area contributed by atoms with Crippen molar-refractivity contribution in [2.45, 2.75) is 19.9 Å². The van der Waals surface area contributed by atoms with Gasteiger partial charge in [-0.05, 0) is 20.0 Å². The lowest BCUT2D eigenvalue weighted by atomic mass is 10.2. The SMILES string of the molecule is CCOC(=O)CCN(C)Cc1occc1C(=O)OC. The molecule has 0 aromatic carbocycles. The molecule has 0 atom stereocenters. The molecule has 106 valence electrons. The minimum absolute atomic E-state index is 0.234. The van der Waals surface area contributed by atoms with Crippen molar-refractivity contribution in [2.75, 3.05) is 27.3 Å². The summed E-state index contributed by atoms with van der Waals surface area (Å²) in [4.78, 5) is 24.6. The second-order valence-electron chi connectivity index (χ2n) is 4.04. The van der Waals surface area contributed by atoms with Gasteiger partial charge in [-0.3, -0.25) is 9.69 Å². The molecule has 0 bridgehead atoms. The summed E-state index contributed by atoms with van der Waals surface area (Å²) in [5, 5.41) is 0. The van der Waals surface area contributed by atoms with Gasteiger partial charge in [0.2, 0.25) is 0 Å². The average molecular weight is 269 g/mol. The zero-order valence-corrected chi connectivity index (χ0v) is 11.5. The maximum absolute atomic E-state index is 11.5. The summed E-state index contributed by atoms with van der Waals surface area (Å²) in [5.74, 6) is -0.136. The summed E-state index contributed by atoms with van der Waals surface area (Å²) in [7, 11) is 3.16. The predicted octanol–water partition coefficient (Wildman–Crippen LogP) is 1.45. The van der Waals surface area contributed by atoms with Crippen LogP contribution in [-0.2, 0) is 20.8 Å². The highest BCUT2D eigenvalue weighted by Crippen LogP contribution is 2.14. The monoisotopic (exact) mass is 269 g/mol. The van der Waals surface area contributed by atoms with Crippen LogP contribution < -0.4 is 0 Å². The number of nitrogens with zero attached hydrogens (tertiary/aromatic N) is 1. The van der Waals surface area contributed by atoms with E-state index < -0.39 is 5.97 Å². The lowest BCUT2D eigenvalue weighted by Crippen LogP contribution is -2.23. The Morgan fingerprint density at radius 3 is 2.79 bits per heavy atom. The number of carbonyl (C=O) groups excluding carboxylic acids is 2. The Morgan fingerprint density at radius 2 is 2.16 bits per heavy atom. The number of carbonyl (C=O) groups is 2. The third-order valence-electron chi connectivity index (χ3n) is 2.57. The van der Waals surface area contributed by atoms with E-state index >= 15 is 0 Å². The molecule has 6 heteroatoms. The van der Waals surface area contributed by atoms with Crippen LogP contribution in [0.25, 0.3) is 0 Å². The molecule has 1 aromatic heterocycles. The third-order valence-corrected chi connectivity index (χ3v) is 2.57. The fraction of sp³-hybridized carbons (Fsp3) is 0.538. The van der Waals surface area contributed by atoms with Crippen molar-refractivity contribution in [3.63, 3.8) is 0 Å². The van der Waals surface area contributed by atoms with E-state index in [-0.39, 0.29) is 5.97 Å². The molecule has 0 aliphatic rings. The van der Waals surface area contributed by atoms with Crippen LogP contribution >= 0.6 is 0 Å². The van der Waals surface area contributed by atoms with E-state index in [4.69, 9.17) is 9.15 Å². The van der Waals surface area contributed by atoms with Crippen LogP contribution in [0.5, 0.6) is 0 Å². The highest BCUT2D eigenvalue weighted by Gasteiger charge is 2.16. The van der Waals surface area contributed by atoms with Crippen molar-refractivity contribution >= 4 is 11.9 Å². The number of ether oxygens (including phenoxy) is 2. The highest BCUT2D eigenvalue weighted by molar-refractivity contribution is 5.90. The molecule has 19 heavy (non-hydrogen) atoms. The highest BCUT2D eigenvalue weighted by atomic mass is 16.5. The molecule has 0 aliphatic carbocycles. The molecule has 0 amide bonds. The van der Waals surface area contributed by atoms with Gasteiger partial charge in [-0.2, -0.15) is 0 Å². The molecule has 1 aromatic rings. The molecular formula is C13H19NO5. The number of methoxy groups -OCH3 is 1. The van der Waals surface area contributed by atoms with Gasteiger partial charge in [0.25, 0.3) is 0 Å². The van der Waals surface area contributed by atoms with Crippen LogP contribution in [0.15, 0.2) is 16.7 Å². The third kappa shape index (κ3) is 4.75. The van der Waals surface area contributed by atoms with Crippen LogP contribution in [0.4, 0.5) is 0 Å². The Balaban J connectivity index is 2.48. The first-order valence-corrected chi connectivity index (χ1v) is 6.07. The van der Waals surface area contributed by atoms with Crippen molar-refractivity contribution in [1.82, 2.24) is 4.90 Å². The Morgan fingerprint density at radius 1 is 1.42 bits per heavy atom. The van der Waals surface area contributed by atoms with Crippen molar-refractivity contribution in [1.29, 1.82) is 0 Å². The Hall–Kier alpha value is -1.82. The molecule has 0 saturated carbocycles. The van der Waals surface area contributed by atoms with Crippen LogP contribution in [-0.4, -0.2) is 44.1 Å². The van der Waals surface area contributed by atoms with Gasteiger partial charge >= 0.3 is 11.9 Å². The zero-order valence-electron chi connectivity index (χ0n) is 11.5. The van der Waals surface area contributed by atoms with E-state index in [2.05, 4.69) is 4.74 Å². The normalized spacial score (nSPS) is 10.5. The maximum Gasteiger partial charge on any atom is 0.341 e. The van der Waals surface area contributed by atoms with Crippen molar-refractivity contribution in [3.05, 3.63) is 23.7 Å². The largest absolute Gasteiger partial charge is 0.467 e. The molecule has 0 saturated heterocycles. The summed E-state index contributed by atoms with van der Waals surface area (Å²) < 4.78 is 14.8. The van der Waals surface area contributed by atoms with E-state index in [1.54, 1.807) is 13.0 Å². The second-order valence-corrected chi connectivity index (χ2v) is 4.04. The summed E-state index contributed by atoms with van der Waals surface area (Å²) in [6.07, 6.45) is 1.75. The van der Waals surface area contributed by atoms with Gasteiger partial charge in [0.05, 0.1) is 32.9 Å². The fourth-order valence-electron chi connectivity index (χ4n) is 1.59. The predicted molar refractivity (Wildman–Crippen MR) is 67.6 cm³/mol. The van der Waals surface area contributed by atoms with Gasteiger partial charge < -0.3 is 13.9 Å². The molecule has 1 rings (SSSR count). The molecule has 0 aliphatic heterocycles.